The maximum absolute atomic E-state index is 13.9. The van der Waals surface area contributed by atoms with Crippen molar-refractivity contribution < 1.29 is 33.4 Å². The van der Waals surface area contributed by atoms with E-state index in [1.807, 2.05) is 58.0 Å². The van der Waals surface area contributed by atoms with Crippen molar-refractivity contribution in [3.05, 3.63) is 65.7 Å². The van der Waals surface area contributed by atoms with E-state index < -0.39 is 45.8 Å². The molecule has 11 nitrogen and oxygen atoms in total. The fraction of sp³-hybridized carbons (Fsp3) is 0.531. The SMILES string of the molecule is CC[C@H](C)[C@@H](C(=O)N[C@@H](Cc1ccccc1)[C@H](O)CN(CC(C)C)S(=O)(=O)c1ccc(/C=N/O)cc1)N(C(=O)O)C(C)(C)C. The number of benzene rings is 2. The molecule has 0 bridgehead atoms. The first kappa shape index (κ1) is 36.7. The van der Waals surface area contributed by atoms with Gasteiger partial charge in [0.25, 0.3) is 0 Å². The zero-order chi connectivity index (χ0) is 33.2. The summed E-state index contributed by atoms with van der Waals surface area (Å²) >= 11 is 0. The highest BCUT2D eigenvalue weighted by Crippen LogP contribution is 2.25. The van der Waals surface area contributed by atoms with Crippen LogP contribution in [-0.4, -0.2) is 88.1 Å². The van der Waals surface area contributed by atoms with Gasteiger partial charge in [0.1, 0.15) is 6.04 Å². The van der Waals surface area contributed by atoms with Crippen LogP contribution in [0.3, 0.4) is 0 Å². The molecule has 2 aromatic rings. The lowest BCUT2D eigenvalue weighted by molar-refractivity contribution is -0.131. The number of carboxylic acid groups (broad SMARTS) is 1. The van der Waals surface area contributed by atoms with Crippen LogP contribution in [0.5, 0.6) is 0 Å². The number of nitrogens with zero attached hydrogens (tertiary/aromatic N) is 3. The number of oxime groups is 1. The summed E-state index contributed by atoms with van der Waals surface area (Å²) in [4.78, 5) is 27.4. The molecule has 244 valence electrons. The Hall–Kier alpha value is -3.48. The lowest BCUT2D eigenvalue weighted by Crippen LogP contribution is -2.61. The van der Waals surface area contributed by atoms with E-state index in [9.17, 15) is 28.2 Å². The minimum Gasteiger partial charge on any atom is -0.465 e. The number of aliphatic hydroxyl groups excluding tert-OH is 1. The molecule has 2 aromatic carbocycles. The topological polar surface area (TPSA) is 160 Å². The second-order valence-electron chi connectivity index (χ2n) is 12.6. The van der Waals surface area contributed by atoms with Crippen LogP contribution >= 0.6 is 0 Å². The van der Waals surface area contributed by atoms with Gasteiger partial charge in [-0.25, -0.2) is 13.2 Å². The summed E-state index contributed by atoms with van der Waals surface area (Å²) in [5.41, 5.74) is 0.433. The van der Waals surface area contributed by atoms with E-state index in [1.165, 1.54) is 34.8 Å². The van der Waals surface area contributed by atoms with Gasteiger partial charge in [-0.15, -0.1) is 0 Å². The highest BCUT2D eigenvalue weighted by atomic mass is 32.2. The van der Waals surface area contributed by atoms with Crippen LogP contribution in [0.4, 0.5) is 4.79 Å². The van der Waals surface area contributed by atoms with Gasteiger partial charge in [0, 0.05) is 18.6 Å². The van der Waals surface area contributed by atoms with E-state index in [2.05, 4.69) is 10.5 Å². The van der Waals surface area contributed by atoms with Gasteiger partial charge in [-0.1, -0.05) is 81.7 Å². The molecule has 0 unspecified atom stereocenters. The van der Waals surface area contributed by atoms with Gasteiger partial charge in [0.15, 0.2) is 0 Å². The minimum absolute atomic E-state index is 0.00296. The normalized spacial score (nSPS) is 15.2. The third-order valence-corrected chi connectivity index (χ3v) is 9.28. The van der Waals surface area contributed by atoms with Gasteiger partial charge in [-0.05, 0) is 62.3 Å². The lowest BCUT2D eigenvalue weighted by Gasteiger charge is -2.42. The summed E-state index contributed by atoms with van der Waals surface area (Å²) in [6.45, 7) is 12.4. The summed E-state index contributed by atoms with van der Waals surface area (Å²) < 4.78 is 28.7. The van der Waals surface area contributed by atoms with Gasteiger partial charge < -0.3 is 20.7 Å². The van der Waals surface area contributed by atoms with E-state index in [1.54, 1.807) is 20.8 Å². The first-order valence-corrected chi connectivity index (χ1v) is 16.3. The molecule has 0 aliphatic heterocycles. The number of sulfonamides is 1. The Balaban J connectivity index is 2.50. The quantitative estimate of drug-likeness (QED) is 0.128. The van der Waals surface area contributed by atoms with Crippen LogP contribution in [0.15, 0.2) is 64.6 Å². The highest BCUT2D eigenvalue weighted by Gasteiger charge is 2.41. The number of aliphatic hydroxyl groups is 1. The second-order valence-corrected chi connectivity index (χ2v) is 14.5. The van der Waals surface area contributed by atoms with Gasteiger partial charge in [-0.2, -0.15) is 4.31 Å². The molecule has 12 heteroatoms. The first-order valence-electron chi connectivity index (χ1n) is 14.8. The molecular formula is C32H48N4O7S. The zero-order valence-electron chi connectivity index (χ0n) is 26.7. The number of hydrogen-bond donors (Lipinski definition) is 4. The number of rotatable bonds is 15. The summed E-state index contributed by atoms with van der Waals surface area (Å²) in [5, 5.41) is 36.4. The fourth-order valence-corrected chi connectivity index (χ4v) is 6.67. The van der Waals surface area contributed by atoms with Gasteiger partial charge in [-0.3, -0.25) is 9.69 Å². The smallest absolute Gasteiger partial charge is 0.408 e. The van der Waals surface area contributed by atoms with Crippen molar-refractivity contribution in [3.63, 3.8) is 0 Å². The van der Waals surface area contributed by atoms with Crippen molar-refractivity contribution in [2.24, 2.45) is 17.0 Å². The fourth-order valence-electron chi connectivity index (χ4n) is 5.05. The average molecular weight is 633 g/mol. The molecule has 0 aromatic heterocycles. The number of amides is 2. The van der Waals surface area contributed by atoms with Crippen molar-refractivity contribution in [2.75, 3.05) is 13.1 Å². The second kappa shape index (κ2) is 16.0. The van der Waals surface area contributed by atoms with E-state index >= 15 is 0 Å². The predicted molar refractivity (Wildman–Crippen MR) is 170 cm³/mol. The van der Waals surface area contributed by atoms with Crippen LogP contribution in [-0.2, 0) is 21.2 Å². The van der Waals surface area contributed by atoms with Crippen molar-refractivity contribution >= 4 is 28.2 Å². The molecule has 4 N–H and O–H groups in total. The Morgan fingerprint density at radius 1 is 1.00 bits per heavy atom. The Labute approximate surface area is 261 Å². The van der Waals surface area contributed by atoms with Gasteiger partial charge in [0.05, 0.1) is 23.3 Å². The number of carbonyl (C=O) groups is 2. The number of nitrogens with one attached hydrogen (secondary N) is 1. The Kier molecular flexibility index (Phi) is 13.4. The Morgan fingerprint density at radius 2 is 1.59 bits per heavy atom. The molecule has 0 fully saturated rings. The monoisotopic (exact) mass is 632 g/mol. The van der Waals surface area contributed by atoms with Crippen LogP contribution in [0.25, 0.3) is 0 Å². The predicted octanol–water partition coefficient (Wildman–Crippen LogP) is 4.42. The standard InChI is InChI=1S/C32H48N4O7S/c1-8-23(4)29(36(31(39)40)32(5,6)7)30(38)34-27(18-24-12-10-9-11-13-24)28(37)21-35(20-22(2)3)44(42,43)26-16-14-25(15-17-26)19-33-41/h9-17,19,22-23,27-29,37,41H,8,18,20-21H2,1-7H3,(H,34,38)(H,39,40)/b33-19+/t23-,27-,28+,29-/m0/s1. The average Bonchev–Trinajstić information content (AvgIpc) is 2.94. The van der Waals surface area contributed by atoms with E-state index in [4.69, 9.17) is 5.21 Å². The first-order chi connectivity index (χ1) is 20.5. The molecule has 0 aliphatic rings. The lowest BCUT2D eigenvalue weighted by atomic mass is 9.91. The van der Waals surface area contributed by atoms with Crippen LogP contribution in [0.1, 0.15) is 66.0 Å². The molecule has 4 atom stereocenters. The summed E-state index contributed by atoms with van der Waals surface area (Å²) in [5.74, 6) is -0.974. The van der Waals surface area contributed by atoms with Gasteiger partial charge in [0.2, 0.25) is 15.9 Å². The molecule has 44 heavy (non-hydrogen) atoms. The zero-order valence-corrected chi connectivity index (χ0v) is 27.5. The summed E-state index contributed by atoms with van der Waals surface area (Å²) in [7, 11) is -4.07. The van der Waals surface area contributed by atoms with E-state index in [0.29, 0.717) is 12.0 Å². The van der Waals surface area contributed by atoms with Crippen LogP contribution < -0.4 is 5.32 Å². The third-order valence-electron chi connectivity index (χ3n) is 7.43. The van der Waals surface area contributed by atoms with E-state index in [-0.39, 0.29) is 36.2 Å². The molecule has 0 saturated heterocycles. The van der Waals surface area contributed by atoms with Crippen LogP contribution in [0, 0.1) is 11.8 Å². The Bertz CT molecular complexity index is 1340. The number of carbonyl (C=O) groups excluding carboxylic acids is 1. The molecule has 0 aliphatic carbocycles. The molecule has 0 spiro atoms. The van der Waals surface area contributed by atoms with E-state index in [0.717, 1.165) is 10.5 Å². The highest BCUT2D eigenvalue weighted by molar-refractivity contribution is 7.89. The van der Waals surface area contributed by atoms with Crippen molar-refractivity contribution in [1.29, 1.82) is 0 Å². The summed E-state index contributed by atoms with van der Waals surface area (Å²) in [6, 6.07) is 13.0. The third kappa shape index (κ3) is 10.0. The molecule has 2 amide bonds. The maximum atomic E-state index is 13.9. The van der Waals surface area contributed by atoms with Crippen molar-refractivity contribution in [1.82, 2.24) is 14.5 Å². The molecule has 2 rings (SSSR count). The Morgan fingerprint density at radius 3 is 2.07 bits per heavy atom. The molecular weight excluding hydrogens is 584 g/mol. The summed E-state index contributed by atoms with van der Waals surface area (Å²) in [6.07, 6.45) is -0.662. The van der Waals surface area contributed by atoms with Gasteiger partial charge >= 0.3 is 6.09 Å². The molecule has 0 heterocycles. The maximum Gasteiger partial charge on any atom is 0.408 e. The van der Waals surface area contributed by atoms with Crippen LogP contribution in [0.2, 0.25) is 0 Å². The largest absolute Gasteiger partial charge is 0.465 e. The van der Waals surface area contributed by atoms with Crippen molar-refractivity contribution in [2.45, 2.75) is 89.9 Å². The number of hydrogen-bond acceptors (Lipinski definition) is 7. The van der Waals surface area contributed by atoms with Crippen molar-refractivity contribution in [3.8, 4) is 0 Å². The minimum atomic E-state index is -4.07. The molecule has 0 radical (unpaired) electrons. The molecule has 0 saturated carbocycles.